The summed E-state index contributed by atoms with van der Waals surface area (Å²) in [7, 11) is 0. The first kappa shape index (κ1) is 18.4. The largest absolute Gasteiger partial charge is 0.450 e. The van der Waals surface area contributed by atoms with Crippen LogP contribution in [0, 0.1) is 6.92 Å². The molecule has 1 aliphatic rings. The summed E-state index contributed by atoms with van der Waals surface area (Å²) in [5.74, 6) is 2.34. The Morgan fingerprint density at radius 2 is 2.04 bits per heavy atom. The van der Waals surface area contributed by atoms with Gasteiger partial charge >= 0.3 is 6.09 Å². The molecule has 1 saturated heterocycles. The molecule has 0 atom stereocenters. The van der Waals surface area contributed by atoms with E-state index in [0.29, 0.717) is 38.7 Å². The Labute approximate surface area is 162 Å². The van der Waals surface area contributed by atoms with Crippen molar-refractivity contribution in [2.75, 3.05) is 32.8 Å². The zero-order valence-electron chi connectivity index (χ0n) is 16.2. The summed E-state index contributed by atoms with van der Waals surface area (Å²) in [6.07, 6.45) is 3.28. The second-order valence-corrected chi connectivity index (χ2v) is 6.77. The van der Waals surface area contributed by atoms with Crippen LogP contribution in [0.2, 0.25) is 0 Å². The van der Waals surface area contributed by atoms with Gasteiger partial charge in [0.1, 0.15) is 17.1 Å². The molecule has 9 heteroatoms. The molecule has 0 radical (unpaired) electrons. The van der Waals surface area contributed by atoms with Crippen LogP contribution in [0.25, 0.3) is 11.2 Å². The van der Waals surface area contributed by atoms with E-state index >= 15 is 0 Å². The Morgan fingerprint density at radius 1 is 1.21 bits per heavy atom. The number of hydrogen-bond acceptors (Lipinski definition) is 7. The van der Waals surface area contributed by atoms with Gasteiger partial charge in [-0.3, -0.25) is 4.90 Å². The standard InChI is InChI=1S/C19H24N6O3/c1-3-27-19(26)24-9-7-23(8-10-24)13-17-22-16-5-4-6-20-18(16)25(17)12-15-11-21-14(2)28-15/h4-6,11H,3,7-10,12-13H2,1-2H3. The van der Waals surface area contributed by atoms with Gasteiger partial charge in [0.25, 0.3) is 0 Å². The first-order valence-corrected chi connectivity index (χ1v) is 9.49. The average Bonchev–Trinajstić information content (AvgIpc) is 3.26. The average molecular weight is 384 g/mol. The smallest absolute Gasteiger partial charge is 0.409 e. The van der Waals surface area contributed by atoms with Gasteiger partial charge in [-0.05, 0) is 19.1 Å². The Bertz CT molecular complexity index is 958. The van der Waals surface area contributed by atoms with E-state index in [2.05, 4.69) is 19.4 Å². The molecule has 0 bridgehead atoms. The number of aromatic nitrogens is 4. The van der Waals surface area contributed by atoms with E-state index in [9.17, 15) is 4.79 Å². The van der Waals surface area contributed by atoms with Gasteiger partial charge in [-0.1, -0.05) is 0 Å². The monoisotopic (exact) mass is 384 g/mol. The van der Waals surface area contributed by atoms with Crippen molar-refractivity contribution in [3.8, 4) is 0 Å². The van der Waals surface area contributed by atoms with Crippen molar-refractivity contribution in [3.05, 3.63) is 42.0 Å². The van der Waals surface area contributed by atoms with E-state index in [1.54, 1.807) is 17.3 Å². The molecule has 0 aromatic carbocycles. The van der Waals surface area contributed by atoms with Gasteiger partial charge in [0.05, 0.1) is 25.9 Å². The molecule has 3 aromatic heterocycles. The second kappa shape index (κ2) is 7.97. The van der Waals surface area contributed by atoms with Crippen LogP contribution in [0.5, 0.6) is 0 Å². The number of amides is 1. The number of aryl methyl sites for hydroxylation is 1. The minimum atomic E-state index is -0.237. The maximum absolute atomic E-state index is 11.9. The number of carbonyl (C=O) groups excluding carboxylic acids is 1. The highest BCUT2D eigenvalue weighted by Crippen LogP contribution is 2.18. The van der Waals surface area contributed by atoms with Crippen molar-refractivity contribution in [2.45, 2.75) is 26.9 Å². The topological polar surface area (TPSA) is 89.5 Å². The summed E-state index contributed by atoms with van der Waals surface area (Å²) >= 11 is 0. The summed E-state index contributed by atoms with van der Waals surface area (Å²) in [5, 5.41) is 0. The summed E-state index contributed by atoms with van der Waals surface area (Å²) in [6.45, 7) is 8.12. The lowest BCUT2D eigenvalue weighted by Gasteiger charge is -2.33. The Kier molecular flexibility index (Phi) is 5.25. The number of ether oxygens (including phenoxy) is 1. The maximum atomic E-state index is 11.9. The number of rotatable bonds is 5. The van der Waals surface area contributed by atoms with Crippen LogP contribution >= 0.6 is 0 Å². The third-order valence-electron chi connectivity index (χ3n) is 4.83. The molecule has 148 valence electrons. The fraction of sp³-hybridized carbons (Fsp3) is 0.474. The fourth-order valence-electron chi connectivity index (χ4n) is 3.43. The first-order chi connectivity index (χ1) is 13.6. The van der Waals surface area contributed by atoms with Crippen LogP contribution in [0.15, 0.2) is 28.9 Å². The van der Waals surface area contributed by atoms with Gasteiger partial charge in [-0.2, -0.15) is 0 Å². The van der Waals surface area contributed by atoms with Crippen molar-refractivity contribution in [1.82, 2.24) is 29.3 Å². The molecule has 0 unspecified atom stereocenters. The summed E-state index contributed by atoms with van der Waals surface area (Å²) < 4.78 is 12.8. The number of pyridine rings is 1. The van der Waals surface area contributed by atoms with Gasteiger partial charge < -0.3 is 18.6 Å². The molecular weight excluding hydrogens is 360 g/mol. The van der Waals surface area contributed by atoms with Crippen LogP contribution in [0.1, 0.15) is 24.4 Å². The molecule has 0 spiro atoms. The van der Waals surface area contributed by atoms with Crippen molar-refractivity contribution in [3.63, 3.8) is 0 Å². The minimum absolute atomic E-state index is 0.237. The minimum Gasteiger partial charge on any atom is -0.450 e. The highest BCUT2D eigenvalue weighted by molar-refractivity contribution is 5.71. The third-order valence-corrected chi connectivity index (χ3v) is 4.83. The molecule has 0 aliphatic carbocycles. The molecule has 4 rings (SSSR count). The summed E-state index contributed by atoms with van der Waals surface area (Å²) in [4.78, 5) is 29.4. The van der Waals surface area contributed by atoms with Crippen LogP contribution in [0.3, 0.4) is 0 Å². The van der Waals surface area contributed by atoms with Crippen molar-refractivity contribution in [1.29, 1.82) is 0 Å². The van der Waals surface area contributed by atoms with Crippen LogP contribution < -0.4 is 0 Å². The lowest BCUT2D eigenvalue weighted by atomic mass is 10.3. The number of imidazole rings is 1. The SMILES string of the molecule is CCOC(=O)N1CCN(Cc2nc3cccnc3n2Cc2cnc(C)o2)CC1. The number of nitrogens with zero attached hydrogens (tertiary/aromatic N) is 6. The number of hydrogen-bond donors (Lipinski definition) is 0. The molecule has 1 aliphatic heterocycles. The maximum Gasteiger partial charge on any atom is 0.409 e. The highest BCUT2D eigenvalue weighted by atomic mass is 16.6. The lowest BCUT2D eigenvalue weighted by Crippen LogP contribution is -2.48. The van der Waals surface area contributed by atoms with E-state index in [4.69, 9.17) is 14.1 Å². The van der Waals surface area contributed by atoms with Crippen LogP contribution in [-0.2, 0) is 17.8 Å². The van der Waals surface area contributed by atoms with Crippen molar-refractivity contribution < 1.29 is 13.9 Å². The number of piperazine rings is 1. The van der Waals surface area contributed by atoms with Gasteiger partial charge in [0, 0.05) is 39.3 Å². The Hall–Kier alpha value is -2.94. The quantitative estimate of drug-likeness (QED) is 0.665. The predicted molar refractivity (Wildman–Crippen MR) is 102 cm³/mol. The molecule has 3 aromatic rings. The molecule has 0 saturated carbocycles. The zero-order valence-corrected chi connectivity index (χ0v) is 16.2. The van der Waals surface area contributed by atoms with Gasteiger partial charge in [0.15, 0.2) is 11.5 Å². The normalized spacial score (nSPS) is 15.3. The summed E-state index contributed by atoms with van der Waals surface area (Å²) in [6, 6.07) is 3.85. The number of fused-ring (bicyclic) bond motifs is 1. The van der Waals surface area contributed by atoms with Gasteiger partial charge in [0.2, 0.25) is 0 Å². The molecule has 28 heavy (non-hydrogen) atoms. The van der Waals surface area contributed by atoms with Crippen molar-refractivity contribution >= 4 is 17.3 Å². The van der Waals surface area contributed by atoms with Crippen molar-refractivity contribution in [2.24, 2.45) is 0 Å². The highest BCUT2D eigenvalue weighted by Gasteiger charge is 2.24. The van der Waals surface area contributed by atoms with E-state index in [0.717, 1.165) is 35.8 Å². The fourth-order valence-corrected chi connectivity index (χ4v) is 3.43. The molecule has 1 amide bonds. The van der Waals surface area contributed by atoms with Gasteiger partial charge in [-0.25, -0.2) is 19.7 Å². The molecule has 9 nitrogen and oxygen atoms in total. The number of oxazole rings is 1. The molecule has 4 heterocycles. The predicted octanol–water partition coefficient (Wildman–Crippen LogP) is 2.05. The van der Waals surface area contributed by atoms with E-state index < -0.39 is 0 Å². The first-order valence-electron chi connectivity index (χ1n) is 9.49. The molecular formula is C19H24N6O3. The Balaban J connectivity index is 1.51. The summed E-state index contributed by atoms with van der Waals surface area (Å²) in [5.41, 5.74) is 1.69. The zero-order chi connectivity index (χ0) is 19.5. The Morgan fingerprint density at radius 3 is 2.75 bits per heavy atom. The van der Waals surface area contributed by atoms with Gasteiger partial charge in [-0.15, -0.1) is 0 Å². The van der Waals surface area contributed by atoms with Crippen LogP contribution in [-0.4, -0.2) is 68.2 Å². The second-order valence-electron chi connectivity index (χ2n) is 6.77. The van der Waals surface area contributed by atoms with Crippen LogP contribution in [0.4, 0.5) is 4.79 Å². The lowest BCUT2D eigenvalue weighted by molar-refractivity contribution is 0.0769. The van der Waals surface area contributed by atoms with E-state index in [-0.39, 0.29) is 6.09 Å². The third kappa shape index (κ3) is 3.84. The number of carbonyl (C=O) groups is 1. The van der Waals surface area contributed by atoms with E-state index in [1.807, 2.05) is 26.0 Å². The molecule has 1 fully saturated rings. The molecule has 0 N–H and O–H groups in total. The van der Waals surface area contributed by atoms with E-state index in [1.165, 1.54) is 0 Å².